The molecule has 3 rings (SSSR count). The Balaban J connectivity index is 2.13. The molecule has 2 aliphatic rings. The number of aliphatic imine (C=N–C) groups is 4. The summed E-state index contributed by atoms with van der Waals surface area (Å²) < 4.78 is 5.11. The molecule has 2 aliphatic heterocycles. The molecular formula is C15H12N6O6S. The summed E-state index contributed by atoms with van der Waals surface area (Å²) in [4.78, 5) is 49.6. The van der Waals surface area contributed by atoms with E-state index in [2.05, 4.69) is 20.0 Å². The average molecular weight is 404 g/mol. The van der Waals surface area contributed by atoms with Gasteiger partial charge in [0.25, 0.3) is 11.4 Å². The van der Waals surface area contributed by atoms with Crippen LogP contribution in [0.2, 0.25) is 0 Å². The molecule has 1 aromatic carbocycles. The number of carbonyl (C=O) groups is 1. The zero-order chi connectivity index (χ0) is 20.4. The van der Waals surface area contributed by atoms with E-state index in [1.165, 1.54) is 12.7 Å². The summed E-state index contributed by atoms with van der Waals surface area (Å²) in [5.41, 5.74) is -1.51. The predicted octanol–water partition coefficient (Wildman–Crippen LogP) is 2.41. The highest BCUT2D eigenvalue weighted by Gasteiger charge is 2.34. The van der Waals surface area contributed by atoms with Crippen LogP contribution in [0, 0.1) is 20.2 Å². The van der Waals surface area contributed by atoms with Gasteiger partial charge in [-0.15, -0.1) is 0 Å². The maximum Gasteiger partial charge on any atom is 0.340 e. The lowest BCUT2D eigenvalue weighted by atomic mass is 10.1. The number of rotatable bonds is 5. The molecule has 0 amide bonds. The number of benzene rings is 1. The summed E-state index contributed by atoms with van der Waals surface area (Å²) in [5, 5.41) is 23.0. The summed E-state index contributed by atoms with van der Waals surface area (Å²) >= 11 is 0.797. The van der Waals surface area contributed by atoms with Gasteiger partial charge >= 0.3 is 5.97 Å². The highest BCUT2D eigenvalue weighted by atomic mass is 32.2. The van der Waals surface area contributed by atoms with Crippen LogP contribution in [0.3, 0.4) is 0 Å². The first-order chi connectivity index (χ1) is 13.3. The Morgan fingerprint density at radius 1 is 1.18 bits per heavy atom. The van der Waals surface area contributed by atoms with Gasteiger partial charge in [-0.3, -0.25) is 25.2 Å². The molecule has 28 heavy (non-hydrogen) atoms. The van der Waals surface area contributed by atoms with Gasteiger partial charge in [-0.05, 0) is 13.8 Å². The van der Waals surface area contributed by atoms with Gasteiger partial charge in [-0.1, -0.05) is 11.8 Å². The Morgan fingerprint density at radius 3 is 2.57 bits per heavy atom. The van der Waals surface area contributed by atoms with Crippen molar-refractivity contribution in [2.75, 3.05) is 0 Å². The predicted molar refractivity (Wildman–Crippen MR) is 102 cm³/mol. The van der Waals surface area contributed by atoms with Crippen LogP contribution in [0.25, 0.3) is 0 Å². The van der Waals surface area contributed by atoms with Crippen molar-refractivity contribution in [3.63, 3.8) is 0 Å². The SMILES string of the molecule is CC(C)OC(=O)c1cc([N+](=O)[O-])cc([N+](=O)[O-])c1SC1=NC=NC2=NC=NC21. The Bertz CT molecular complexity index is 999. The Morgan fingerprint density at radius 2 is 1.93 bits per heavy atom. The Labute approximate surface area is 161 Å². The minimum atomic E-state index is -0.918. The van der Waals surface area contributed by atoms with Crippen molar-refractivity contribution in [3.05, 3.63) is 37.9 Å². The molecule has 2 heterocycles. The van der Waals surface area contributed by atoms with E-state index >= 15 is 0 Å². The first-order valence-corrected chi connectivity index (χ1v) is 8.64. The Kier molecular flexibility index (Phi) is 5.26. The molecular weight excluding hydrogens is 392 g/mol. The minimum Gasteiger partial charge on any atom is -0.459 e. The fourth-order valence-electron chi connectivity index (χ4n) is 2.35. The van der Waals surface area contributed by atoms with Gasteiger partial charge in [-0.2, -0.15) is 0 Å². The van der Waals surface area contributed by atoms with E-state index in [-0.39, 0.29) is 15.5 Å². The number of ether oxygens (including phenoxy) is 1. The normalized spacial score (nSPS) is 17.2. The van der Waals surface area contributed by atoms with Crippen LogP contribution in [0.15, 0.2) is 37.0 Å². The van der Waals surface area contributed by atoms with Gasteiger partial charge in [0.2, 0.25) is 0 Å². The highest BCUT2D eigenvalue weighted by Crippen LogP contribution is 2.39. The zero-order valence-corrected chi connectivity index (χ0v) is 15.3. The number of hydrogen-bond acceptors (Lipinski definition) is 11. The molecule has 1 aromatic rings. The van der Waals surface area contributed by atoms with E-state index in [1.54, 1.807) is 13.8 Å². The molecule has 0 bridgehead atoms. The molecule has 0 saturated carbocycles. The number of nitro benzene ring substituents is 2. The molecule has 0 radical (unpaired) electrons. The van der Waals surface area contributed by atoms with Crippen molar-refractivity contribution in [2.24, 2.45) is 20.0 Å². The van der Waals surface area contributed by atoms with Gasteiger partial charge < -0.3 is 4.74 Å². The molecule has 0 spiro atoms. The number of hydrogen-bond donors (Lipinski definition) is 0. The molecule has 144 valence electrons. The molecule has 0 aromatic heterocycles. The summed E-state index contributed by atoms with van der Waals surface area (Å²) in [5.74, 6) is -0.563. The number of esters is 1. The number of fused-ring (bicyclic) bond motifs is 1. The number of amidine groups is 1. The molecule has 1 atom stereocenters. The van der Waals surface area contributed by atoms with Crippen LogP contribution in [-0.2, 0) is 4.74 Å². The van der Waals surface area contributed by atoms with Crippen LogP contribution in [0.5, 0.6) is 0 Å². The van der Waals surface area contributed by atoms with Crippen molar-refractivity contribution >= 4 is 52.7 Å². The molecule has 12 nitrogen and oxygen atoms in total. The van der Waals surface area contributed by atoms with Gasteiger partial charge in [0.1, 0.15) is 22.6 Å². The summed E-state index contributed by atoms with van der Waals surface area (Å²) in [7, 11) is 0. The summed E-state index contributed by atoms with van der Waals surface area (Å²) in [6.45, 7) is 3.18. The van der Waals surface area contributed by atoms with E-state index < -0.39 is 39.3 Å². The third kappa shape index (κ3) is 3.78. The minimum absolute atomic E-state index is 0.128. The Hall–Kier alpha value is -3.48. The van der Waals surface area contributed by atoms with E-state index in [9.17, 15) is 25.0 Å². The van der Waals surface area contributed by atoms with Crippen molar-refractivity contribution < 1.29 is 19.4 Å². The third-order valence-electron chi connectivity index (χ3n) is 3.49. The van der Waals surface area contributed by atoms with Crippen LogP contribution in [0.1, 0.15) is 24.2 Å². The highest BCUT2D eigenvalue weighted by molar-refractivity contribution is 8.14. The number of thioether (sulfide) groups is 1. The number of nitro groups is 2. The molecule has 13 heteroatoms. The van der Waals surface area contributed by atoms with Crippen LogP contribution in [0.4, 0.5) is 11.4 Å². The summed E-state index contributed by atoms with van der Waals surface area (Å²) in [6, 6.07) is 1.09. The number of carbonyl (C=O) groups excluding carboxylic acids is 1. The van der Waals surface area contributed by atoms with Crippen molar-refractivity contribution in [3.8, 4) is 0 Å². The third-order valence-corrected chi connectivity index (χ3v) is 4.66. The molecule has 0 saturated heterocycles. The van der Waals surface area contributed by atoms with Gasteiger partial charge in [0, 0.05) is 6.07 Å². The van der Waals surface area contributed by atoms with E-state index in [0.29, 0.717) is 5.84 Å². The molecule has 0 fully saturated rings. The quantitative estimate of drug-likeness (QED) is 0.413. The lowest BCUT2D eigenvalue weighted by molar-refractivity contribution is -0.396. The molecule has 0 N–H and O–H groups in total. The second kappa shape index (κ2) is 7.64. The molecule has 1 unspecified atom stereocenters. The van der Waals surface area contributed by atoms with Crippen molar-refractivity contribution in [1.29, 1.82) is 0 Å². The fraction of sp³-hybridized carbons (Fsp3) is 0.267. The van der Waals surface area contributed by atoms with Gasteiger partial charge in [0.15, 0.2) is 11.9 Å². The van der Waals surface area contributed by atoms with Gasteiger partial charge in [-0.25, -0.2) is 19.8 Å². The van der Waals surface area contributed by atoms with Crippen molar-refractivity contribution in [1.82, 2.24) is 0 Å². The van der Waals surface area contributed by atoms with Crippen LogP contribution in [-0.4, -0.2) is 51.5 Å². The molecule has 0 aliphatic carbocycles. The van der Waals surface area contributed by atoms with Crippen molar-refractivity contribution in [2.45, 2.75) is 30.9 Å². The lowest BCUT2D eigenvalue weighted by Gasteiger charge is -2.16. The average Bonchev–Trinajstić information content (AvgIpc) is 3.10. The maximum atomic E-state index is 12.5. The van der Waals surface area contributed by atoms with E-state index in [1.807, 2.05) is 0 Å². The van der Waals surface area contributed by atoms with Crippen LogP contribution < -0.4 is 0 Å². The number of non-ortho nitro benzene ring substituents is 1. The maximum absolute atomic E-state index is 12.5. The monoisotopic (exact) mass is 404 g/mol. The second-order valence-electron chi connectivity index (χ2n) is 5.78. The first kappa shape index (κ1) is 19.3. The second-order valence-corrected chi connectivity index (χ2v) is 6.81. The lowest BCUT2D eigenvalue weighted by Crippen LogP contribution is -2.26. The van der Waals surface area contributed by atoms with E-state index in [0.717, 1.165) is 23.9 Å². The van der Waals surface area contributed by atoms with E-state index in [4.69, 9.17) is 4.74 Å². The summed E-state index contributed by atoms with van der Waals surface area (Å²) in [6.07, 6.45) is 1.98. The first-order valence-electron chi connectivity index (χ1n) is 7.83. The standard InChI is InChI=1S/C15H12N6O6S/c1-7(2)27-15(22)9-3-8(20(23)24)4-10(21(25)26)12(9)28-14-11-13(17-5-16-11)18-6-19-14/h3-7,11H,1-2H3. The van der Waals surface area contributed by atoms with Crippen LogP contribution >= 0.6 is 11.8 Å². The largest absolute Gasteiger partial charge is 0.459 e. The smallest absolute Gasteiger partial charge is 0.340 e. The fourth-order valence-corrected chi connectivity index (χ4v) is 3.43. The topological polar surface area (TPSA) is 162 Å². The van der Waals surface area contributed by atoms with Gasteiger partial charge in [0.05, 0.1) is 27.6 Å². The zero-order valence-electron chi connectivity index (χ0n) is 14.5. The number of nitrogens with zero attached hydrogens (tertiary/aromatic N) is 6.